The largest absolute Gasteiger partial charge is 0.419 e. The van der Waals surface area contributed by atoms with Crippen LogP contribution in [0.4, 0.5) is 31.1 Å². The highest BCUT2D eigenvalue weighted by Crippen LogP contribution is 2.40. The minimum Gasteiger partial charge on any atom is -0.414 e. The molecule has 1 aromatic rings. The molecule has 0 saturated heterocycles. The van der Waals surface area contributed by atoms with E-state index in [-0.39, 0.29) is 18.2 Å². The molecule has 1 aromatic carbocycles. The van der Waals surface area contributed by atoms with Crippen LogP contribution >= 0.6 is 11.6 Å². The van der Waals surface area contributed by atoms with E-state index < -0.39 is 34.7 Å². The van der Waals surface area contributed by atoms with Gasteiger partial charge in [-0.2, -0.15) is 26.3 Å². The molecule has 1 rings (SSSR count). The Labute approximate surface area is 101 Å². The summed E-state index contributed by atoms with van der Waals surface area (Å²) in [5, 5.41) is 0. The summed E-state index contributed by atoms with van der Waals surface area (Å²) >= 11 is 4.69. The predicted molar refractivity (Wildman–Crippen MR) is 48.3 cm³/mol. The summed E-state index contributed by atoms with van der Waals surface area (Å²) in [6.45, 7) is 0. The second-order valence-corrected chi connectivity index (χ2v) is 3.35. The van der Waals surface area contributed by atoms with Gasteiger partial charge in [0.2, 0.25) is 0 Å². The first kappa shape index (κ1) is 14.6. The number of hydrogen-bond donors (Lipinski definition) is 0. The second kappa shape index (κ2) is 4.68. The van der Waals surface area contributed by atoms with Crippen LogP contribution < -0.4 is 4.74 Å². The molecular weight excluding hydrogens is 290 g/mol. The molecule has 100 valence electrons. The molecule has 0 N–H and O–H groups in total. The summed E-state index contributed by atoms with van der Waals surface area (Å²) in [6, 6.07) is 0.454. The van der Waals surface area contributed by atoms with Crippen molar-refractivity contribution in [1.29, 1.82) is 0 Å². The van der Waals surface area contributed by atoms with Gasteiger partial charge in [0.15, 0.2) is 0 Å². The van der Waals surface area contributed by atoms with Gasteiger partial charge in [0.05, 0.1) is 11.1 Å². The topological polar surface area (TPSA) is 26.3 Å². The van der Waals surface area contributed by atoms with Crippen molar-refractivity contribution in [3.05, 3.63) is 29.3 Å². The van der Waals surface area contributed by atoms with E-state index in [1.165, 1.54) is 0 Å². The fraction of sp³-hybridized carbons (Fsp3) is 0.222. The van der Waals surface area contributed by atoms with E-state index in [4.69, 9.17) is 11.6 Å². The zero-order valence-electron chi connectivity index (χ0n) is 8.19. The van der Waals surface area contributed by atoms with Crippen LogP contribution in [0.5, 0.6) is 5.75 Å². The van der Waals surface area contributed by atoms with Crippen molar-refractivity contribution in [2.24, 2.45) is 0 Å². The number of rotatable bonds is 1. The van der Waals surface area contributed by atoms with Crippen molar-refractivity contribution in [3.8, 4) is 5.75 Å². The SMILES string of the molecule is O=C(Cl)Oc1cc(C(F)(F)F)ccc1C(F)(F)F. The normalized spacial score (nSPS) is 12.4. The molecule has 0 amide bonds. The molecule has 0 spiro atoms. The van der Waals surface area contributed by atoms with Gasteiger partial charge in [-0.3, -0.25) is 0 Å². The molecule has 0 radical (unpaired) electrons. The van der Waals surface area contributed by atoms with Crippen molar-refractivity contribution >= 4 is 17.0 Å². The number of ether oxygens (including phenoxy) is 1. The van der Waals surface area contributed by atoms with Crippen molar-refractivity contribution in [2.45, 2.75) is 12.4 Å². The molecule has 0 fully saturated rings. The molecule has 0 unspecified atom stereocenters. The highest BCUT2D eigenvalue weighted by atomic mass is 35.5. The van der Waals surface area contributed by atoms with Crippen LogP contribution in [0.15, 0.2) is 18.2 Å². The Morgan fingerprint density at radius 3 is 2.00 bits per heavy atom. The number of carbonyl (C=O) groups is 1. The maximum Gasteiger partial charge on any atom is 0.419 e. The third kappa shape index (κ3) is 3.52. The summed E-state index contributed by atoms with van der Waals surface area (Å²) in [5.41, 5.74) is -4.58. The number of alkyl halides is 6. The second-order valence-electron chi connectivity index (χ2n) is 3.05. The van der Waals surface area contributed by atoms with Gasteiger partial charge in [0.1, 0.15) is 5.75 Å². The Balaban J connectivity index is 3.34. The minimum absolute atomic E-state index is 0.0586. The molecule has 9 heteroatoms. The number of carbonyl (C=O) groups excluding carboxylic acids is 1. The van der Waals surface area contributed by atoms with E-state index in [9.17, 15) is 31.1 Å². The van der Waals surface area contributed by atoms with Gasteiger partial charge in [-0.05, 0) is 18.2 Å². The van der Waals surface area contributed by atoms with Crippen LogP contribution in [-0.4, -0.2) is 5.43 Å². The van der Waals surface area contributed by atoms with Crippen molar-refractivity contribution in [2.75, 3.05) is 0 Å². The maximum atomic E-state index is 12.4. The fourth-order valence-electron chi connectivity index (χ4n) is 1.10. The van der Waals surface area contributed by atoms with Crippen LogP contribution in [0.1, 0.15) is 11.1 Å². The number of halogens is 7. The summed E-state index contributed by atoms with van der Waals surface area (Å²) in [4.78, 5) is 10.3. The zero-order chi connectivity index (χ0) is 14.1. The molecule has 2 nitrogen and oxygen atoms in total. The molecule has 0 aliphatic rings. The van der Waals surface area contributed by atoms with Crippen LogP contribution in [0.2, 0.25) is 0 Å². The third-order valence-corrected chi connectivity index (χ3v) is 1.88. The number of hydrogen-bond acceptors (Lipinski definition) is 2. The first-order valence-corrected chi connectivity index (χ1v) is 4.55. The van der Waals surface area contributed by atoms with E-state index in [1.54, 1.807) is 0 Å². The monoisotopic (exact) mass is 292 g/mol. The molecule has 0 heterocycles. The lowest BCUT2D eigenvalue weighted by atomic mass is 10.1. The molecule has 0 aliphatic heterocycles. The lowest BCUT2D eigenvalue weighted by molar-refractivity contribution is -0.142. The highest BCUT2D eigenvalue weighted by molar-refractivity contribution is 6.61. The molecular formula is C9H3ClF6O2. The Morgan fingerprint density at radius 1 is 1.06 bits per heavy atom. The minimum atomic E-state index is -4.97. The average Bonchev–Trinajstić information content (AvgIpc) is 2.13. The third-order valence-electron chi connectivity index (χ3n) is 1.80. The van der Waals surface area contributed by atoms with Gasteiger partial charge in [-0.1, -0.05) is 0 Å². The summed E-state index contributed by atoms with van der Waals surface area (Å²) < 4.78 is 78.0. The Hall–Kier alpha value is -1.44. The van der Waals surface area contributed by atoms with Gasteiger partial charge in [0, 0.05) is 11.6 Å². The van der Waals surface area contributed by atoms with E-state index in [1.807, 2.05) is 0 Å². The first-order valence-electron chi connectivity index (χ1n) is 4.17. The zero-order valence-corrected chi connectivity index (χ0v) is 8.95. The summed E-state index contributed by atoms with van der Waals surface area (Å²) in [5.74, 6) is -1.29. The lowest BCUT2D eigenvalue weighted by Crippen LogP contribution is -2.12. The standard InChI is InChI=1S/C9H3ClF6O2/c10-7(17)18-6-3-4(8(11,12)13)1-2-5(6)9(14,15)16/h1-3H. The fourth-order valence-corrected chi connectivity index (χ4v) is 1.19. The molecule has 0 saturated carbocycles. The molecule has 0 aromatic heterocycles. The van der Waals surface area contributed by atoms with Crippen LogP contribution in [0, 0.1) is 0 Å². The molecule has 0 bridgehead atoms. The highest BCUT2D eigenvalue weighted by Gasteiger charge is 2.38. The summed E-state index contributed by atoms with van der Waals surface area (Å²) in [7, 11) is 0. The van der Waals surface area contributed by atoms with Gasteiger partial charge >= 0.3 is 17.8 Å². The van der Waals surface area contributed by atoms with Gasteiger partial charge in [-0.15, -0.1) is 0 Å². The lowest BCUT2D eigenvalue weighted by Gasteiger charge is -2.14. The number of benzene rings is 1. The maximum absolute atomic E-state index is 12.4. The van der Waals surface area contributed by atoms with Crippen molar-refractivity contribution < 1.29 is 35.9 Å². The predicted octanol–water partition coefficient (Wildman–Crippen LogP) is 4.46. The summed E-state index contributed by atoms with van der Waals surface area (Å²) in [6.07, 6.45) is -9.83. The first-order chi connectivity index (χ1) is 8.01. The molecule has 0 atom stereocenters. The van der Waals surface area contributed by atoms with Crippen molar-refractivity contribution in [1.82, 2.24) is 0 Å². The molecule has 0 aliphatic carbocycles. The van der Waals surface area contributed by atoms with Crippen LogP contribution in [-0.2, 0) is 12.4 Å². The smallest absolute Gasteiger partial charge is 0.414 e. The quantitative estimate of drug-likeness (QED) is 0.564. The van der Waals surface area contributed by atoms with E-state index in [0.717, 1.165) is 0 Å². The Morgan fingerprint density at radius 2 is 1.61 bits per heavy atom. The van der Waals surface area contributed by atoms with Crippen LogP contribution in [0.25, 0.3) is 0 Å². The van der Waals surface area contributed by atoms with E-state index in [2.05, 4.69) is 4.74 Å². The van der Waals surface area contributed by atoms with Crippen LogP contribution in [0.3, 0.4) is 0 Å². The Kier molecular flexibility index (Phi) is 3.80. The van der Waals surface area contributed by atoms with Gasteiger partial charge in [0.25, 0.3) is 0 Å². The Bertz CT molecular complexity index is 465. The van der Waals surface area contributed by atoms with Crippen molar-refractivity contribution in [3.63, 3.8) is 0 Å². The van der Waals surface area contributed by atoms with E-state index >= 15 is 0 Å². The molecule has 18 heavy (non-hydrogen) atoms. The van der Waals surface area contributed by atoms with Gasteiger partial charge < -0.3 is 4.74 Å². The average molecular weight is 293 g/mol. The van der Waals surface area contributed by atoms with E-state index in [0.29, 0.717) is 0 Å². The van der Waals surface area contributed by atoms with Gasteiger partial charge in [-0.25, -0.2) is 4.79 Å².